The summed E-state index contributed by atoms with van der Waals surface area (Å²) in [5.74, 6) is 0.869. The summed E-state index contributed by atoms with van der Waals surface area (Å²) in [5, 5.41) is 8.86. The van der Waals surface area contributed by atoms with E-state index in [2.05, 4.69) is 24.0 Å². The minimum atomic E-state index is -0.761. The van der Waals surface area contributed by atoms with E-state index < -0.39 is 5.97 Å². The number of carboxylic acid groups (broad SMARTS) is 1. The molecule has 5 nitrogen and oxygen atoms in total. The second-order valence-corrected chi connectivity index (χ2v) is 7.22. The molecule has 0 aliphatic carbocycles. The van der Waals surface area contributed by atoms with Crippen molar-refractivity contribution in [1.82, 2.24) is 4.90 Å². The molecule has 1 aliphatic rings. The maximum absolute atomic E-state index is 10.8. The predicted molar refractivity (Wildman–Crippen MR) is 109 cm³/mol. The Morgan fingerprint density at radius 2 is 1.82 bits per heavy atom. The summed E-state index contributed by atoms with van der Waals surface area (Å²) in [6, 6.07) is 16.3. The first-order valence-electron chi connectivity index (χ1n) is 10.1. The summed E-state index contributed by atoms with van der Waals surface area (Å²) in [5.41, 5.74) is 2.42. The van der Waals surface area contributed by atoms with Gasteiger partial charge < -0.3 is 14.6 Å². The fourth-order valence-electron chi connectivity index (χ4n) is 3.35. The second-order valence-electron chi connectivity index (χ2n) is 7.22. The molecule has 1 unspecified atom stereocenters. The Morgan fingerprint density at radius 1 is 1.14 bits per heavy atom. The van der Waals surface area contributed by atoms with E-state index in [0.29, 0.717) is 19.7 Å². The molecule has 0 spiro atoms. The van der Waals surface area contributed by atoms with E-state index in [9.17, 15) is 4.79 Å². The number of unbranched alkanes of at least 4 members (excludes halogenated alkanes) is 1. The summed E-state index contributed by atoms with van der Waals surface area (Å²) in [6.45, 7) is 4.87. The minimum absolute atomic E-state index is 0.0329. The quantitative estimate of drug-likeness (QED) is 0.682. The van der Waals surface area contributed by atoms with Crippen LogP contribution in [-0.2, 0) is 16.0 Å². The smallest absolute Gasteiger partial charge is 0.304 e. The van der Waals surface area contributed by atoms with Gasteiger partial charge in [-0.25, -0.2) is 0 Å². The Morgan fingerprint density at radius 3 is 2.46 bits per heavy atom. The predicted octanol–water partition coefficient (Wildman–Crippen LogP) is 4.67. The van der Waals surface area contributed by atoms with Gasteiger partial charge in [0.15, 0.2) is 0 Å². The number of carboxylic acids is 1. The number of hydrogen-bond donors (Lipinski definition) is 1. The van der Waals surface area contributed by atoms with Gasteiger partial charge in [-0.1, -0.05) is 37.6 Å². The number of hydrogen-bond acceptors (Lipinski definition) is 4. The number of morpholine rings is 1. The van der Waals surface area contributed by atoms with Crippen molar-refractivity contribution in [2.75, 3.05) is 26.2 Å². The lowest BCUT2D eigenvalue weighted by Gasteiger charge is -2.32. The highest BCUT2D eigenvalue weighted by molar-refractivity contribution is 5.66. The van der Waals surface area contributed by atoms with E-state index in [1.54, 1.807) is 0 Å². The average molecular weight is 383 g/mol. The van der Waals surface area contributed by atoms with E-state index in [-0.39, 0.29) is 12.5 Å². The molecular formula is C23H29NO4. The molecule has 0 bridgehead atoms. The van der Waals surface area contributed by atoms with Crippen molar-refractivity contribution in [3.63, 3.8) is 0 Å². The van der Waals surface area contributed by atoms with Gasteiger partial charge in [-0.05, 0) is 48.2 Å². The maximum Gasteiger partial charge on any atom is 0.304 e. The Hall–Kier alpha value is -2.37. The first-order valence-corrected chi connectivity index (χ1v) is 10.1. The minimum Gasteiger partial charge on any atom is -0.481 e. The average Bonchev–Trinajstić information content (AvgIpc) is 2.72. The van der Waals surface area contributed by atoms with Gasteiger partial charge in [0.05, 0.1) is 19.1 Å². The van der Waals surface area contributed by atoms with Gasteiger partial charge >= 0.3 is 5.97 Å². The van der Waals surface area contributed by atoms with Gasteiger partial charge in [-0.2, -0.15) is 0 Å². The van der Waals surface area contributed by atoms with Crippen molar-refractivity contribution in [1.29, 1.82) is 0 Å². The van der Waals surface area contributed by atoms with Gasteiger partial charge in [0.1, 0.15) is 11.5 Å². The zero-order valence-corrected chi connectivity index (χ0v) is 16.5. The number of rotatable bonds is 9. The molecule has 2 aromatic carbocycles. The van der Waals surface area contributed by atoms with Crippen molar-refractivity contribution >= 4 is 5.97 Å². The van der Waals surface area contributed by atoms with Crippen LogP contribution in [0.3, 0.4) is 0 Å². The van der Waals surface area contributed by atoms with Crippen LogP contribution in [0.4, 0.5) is 0 Å². The lowest BCUT2D eigenvalue weighted by Crippen LogP contribution is -2.39. The largest absolute Gasteiger partial charge is 0.481 e. The first-order chi connectivity index (χ1) is 13.6. The van der Waals surface area contributed by atoms with Crippen LogP contribution < -0.4 is 4.74 Å². The van der Waals surface area contributed by atoms with Crippen LogP contribution in [0.5, 0.6) is 11.5 Å². The fraction of sp³-hybridized carbons (Fsp3) is 0.435. The highest BCUT2D eigenvalue weighted by atomic mass is 16.5. The third-order valence-electron chi connectivity index (χ3n) is 5.02. The number of carbonyl (C=O) groups is 1. The maximum atomic E-state index is 10.8. The summed E-state index contributed by atoms with van der Waals surface area (Å²) in [7, 11) is 0. The molecule has 0 aromatic heterocycles. The molecule has 28 heavy (non-hydrogen) atoms. The Bertz CT molecular complexity index is 742. The molecule has 0 radical (unpaired) electrons. The molecule has 1 heterocycles. The molecule has 2 aromatic rings. The van der Waals surface area contributed by atoms with Gasteiger partial charge in [-0.3, -0.25) is 9.69 Å². The van der Waals surface area contributed by atoms with Gasteiger partial charge in [0.25, 0.3) is 0 Å². The molecule has 5 heteroatoms. The Labute approximate surface area is 166 Å². The number of aliphatic carboxylic acids is 1. The van der Waals surface area contributed by atoms with Crippen LogP contribution in [0.15, 0.2) is 48.5 Å². The lowest BCUT2D eigenvalue weighted by molar-refractivity contribution is -0.137. The van der Waals surface area contributed by atoms with Crippen LogP contribution in [0.1, 0.15) is 43.4 Å². The van der Waals surface area contributed by atoms with Crippen molar-refractivity contribution in [3.05, 3.63) is 59.7 Å². The molecule has 1 fully saturated rings. The van der Waals surface area contributed by atoms with Crippen LogP contribution in [-0.4, -0.2) is 42.2 Å². The molecule has 3 rings (SSSR count). The molecule has 0 amide bonds. The van der Waals surface area contributed by atoms with Gasteiger partial charge in [0.2, 0.25) is 0 Å². The zero-order valence-electron chi connectivity index (χ0n) is 16.5. The first kappa shape index (κ1) is 20.4. The molecule has 1 saturated heterocycles. The number of aryl methyl sites for hydroxylation is 1. The zero-order chi connectivity index (χ0) is 19.8. The standard InChI is InChI=1S/C23H29NO4/c1-2-3-4-18-5-9-20(10-6-18)28-21-11-7-19(8-12-21)22-17-24(15-16-27-22)14-13-23(25)26/h5-12,22H,2-4,13-17H2,1H3,(H,25,26). The highest BCUT2D eigenvalue weighted by Crippen LogP contribution is 2.27. The van der Waals surface area contributed by atoms with Crippen LogP contribution in [0.25, 0.3) is 0 Å². The molecule has 1 aliphatic heterocycles. The number of nitrogens with zero attached hydrogens (tertiary/aromatic N) is 1. The normalized spacial score (nSPS) is 17.4. The van der Waals surface area contributed by atoms with Crippen molar-refractivity contribution in [3.8, 4) is 11.5 Å². The van der Waals surface area contributed by atoms with Crippen LogP contribution >= 0.6 is 0 Å². The molecule has 1 atom stereocenters. The summed E-state index contributed by atoms with van der Waals surface area (Å²) >= 11 is 0. The van der Waals surface area contributed by atoms with Crippen LogP contribution in [0, 0.1) is 0 Å². The topological polar surface area (TPSA) is 59.0 Å². The monoisotopic (exact) mass is 383 g/mol. The van der Waals surface area contributed by atoms with Crippen LogP contribution in [0.2, 0.25) is 0 Å². The van der Waals surface area contributed by atoms with Gasteiger partial charge in [0, 0.05) is 19.6 Å². The molecular weight excluding hydrogens is 354 g/mol. The highest BCUT2D eigenvalue weighted by Gasteiger charge is 2.22. The van der Waals surface area contributed by atoms with Crippen molar-refractivity contribution in [2.45, 2.75) is 38.7 Å². The van der Waals surface area contributed by atoms with Gasteiger partial charge in [-0.15, -0.1) is 0 Å². The van der Waals surface area contributed by atoms with E-state index in [0.717, 1.165) is 30.0 Å². The number of benzene rings is 2. The van der Waals surface area contributed by atoms with E-state index in [4.69, 9.17) is 14.6 Å². The van der Waals surface area contributed by atoms with E-state index in [1.165, 1.54) is 18.4 Å². The summed E-state index contributed by atoms with van der Waals surface area (Å²) < 4.78 is 11.8. The molecule has 0 saturated carbocycles. The summed E-state index contributed by atoms with van der Waals surface area (Å²) in [6.07, 6.45) is 3.65. The fourth-order valence-corrected chi connectivity index (χ4v) is 3.35. The Balaban J connectivity index is 1.55. The Kier molecular flexibility index (Phi) is 7.46. The summed E-state index contributed by atoms with van der Waals surface area (Å²) in [4.78, 5) is 12.9. The molecule has 1 N–H and O–H groups in total. The van der Waals surface area contributed by atoms with E-state index in [1.807, 2.05) is 36.4 Å². The van der Waals surface area contributed by atoms with Crippen molar-refractivity contribution in [2.24, 2.45) is 0 Å². The van der Waals surface area contributed by atoms with Crippen molar-refractivity contribution < 1.29 is 19.4 Å². The van der Waals surface area contributed by atoms with E-state index >= 15 is 0 Å². The SMILES string of the molecule is CCCCc1ccc(Oc2ccc(C3CN(CCC(=O)O)CCO3)cc2)cc1. The lowest BCUT2D eigenvalue weighted by atomic mass is 10.1. The third-order valence-corrected chi connectivity index (χ3v) is 5.02. The molecule has 150 valence electrons. The number of ether oxygens (including phenoxy) is 2. The third kappa shape index (κ3) is 6.08. The second kappa shape index (κ2) is 10.2.